The van der Waals surface area contributed by atoms with Gasteiger partial charge in [-0.1, -0.05) is 0 Å². The Hall–Kier alpha value is -2.27. The number of carboxylic acid groups (broad SMARTS) is 1. The molecule has 2 aromatic carbocycles. The highest BCUT2D eigenvalue weighted by Crippen LogP contribution is 2.29. The first-order valence-electron chi connectivity index (χ1n) is 6.30. The molecule has 0 aliphatic heterocycles. The van der Waals surface area contributed by atoms with Crippen LogP contribution in [-0.2, 0) is 0 Å². The van der Waals surface area contributed by atoms with Gasteiger partial charge in [0.15, 0.2) is 5.58 Å². The van der Waals surface area contributed by atoms with Crippen molar-refractivity contribution in [1.29, 1.82) is 0 Å². The zero-order chi connectivity index (χ0) is 15.1. The molecular weight excluding hydrogens is 288 g/mol. The molecule has 0 saturated heterocycles. The van der Waals surface area contributed by atoms with Crippen LogP contribution in [0, 0.1) is 6.92 Å². The van der Waals surface area contributed by atoms with Gasteiger partial charge in [-0.05, 0) is 49.1 Å². The fourth-order valence-electron chi connectivity index (χ4n) is 2.35. The Kier molecular flexibility index (Phi) is 3.22. The van der Waals surface area contributed by atoms with Gasteiger partial charge in [0, 0.05) is 0 Å². The van der Waals surface area contributed by atoms with Gasteiger partial charge < -0.3 is 9.52 Å². The first kappa shape index (κ1) is 13.7. The van der Waals surface area contributed by atoms with Crippen LogP contribution in [0.25, 0.3) is 21.9 Å². The molecule has 0 unspecified atom stereocenters. The first-order valence-corrected chi connectivity index (χ1v) is 7.52. The van der Waals surface area contributed by atoms with Crippen molar-refractivity contribution in [3.8, 4) is 0 Å². The maximum Gasteiger partial charge on any atom is 0.335 e. The number of thioether (sulfide) groups is 1. The van der Waals surface area contributed by atoms with Crippen LogP contribution in [0.15, 0.2) is 44.4 Å². The van der Waals surface area contributed by atoms with E-state index in [2.05, 4.69) is 0 Å². The summed E-state index contributed by atoms with van der Waals surface area (Å²) < 4.78 is 5.83. The minimum atomic E-state index is -1.06. The number of aryl methyl sites for hydroxylation is 1. The topological polar surface area (TPSA) is 67.5 Å². The highest BCUT2D eigenvalue weighted by atomic mass is 32.2. The Bertz CT molecular complexity index is 940. The van der Waals surface area contributed by atoms with Gasteiger partial charge in [-0.3, -0.25) is 4.79 Å². The molecule has 0 aliphatic carbocycles. The van der Waals surface area contributed by atoms with E-state index < -0.39 is 5.97 Å². The molecule has 0 spiro atoms. The van der Waals surface area contributed by atoms with Crippen LogP contribution in [0.4, 0.5) is 0 Å². The van der Waals surface area contributed by atoms with Crippen LogP contribution in [0.1, 0.15) is 15.9 Å². The summed E-state index contributed by atoms with van der Waals surface area (Å²) in [5.41, 5.74) is 1.79. The molecule has 0 atom stereocenters. The smallest absolute Gasteiger partial charge is 0.335 e. The summed E-state index contributed by atoms with van der Waals surface area (Å²) in [5, 5.41) is 9.81. The zero-order valence-corrected chi connectivity index (χ0v) is 12.3. The number of hydrogen-bond donors (Lipinski definition) is 1. The predicted molar refractivity (Wildman–Crippen MR) is 83.5 cm³/mol. The zero-order valence-electron chi connectivity index (χ0n) is 11.5. The van der Waals surface area contributed by atoms with E-state index in [1.165, 1.54) is 30.0 Å². The summed E-state index contributed by atoms with van der Waals surface area (Å²) in [6.07, 6.45) is 1.92. The Morgan fingerprint density at radius 2 is 1.95 bits per heavy atom. The predicted octanol–water partition coefficient (Wildman–Crippen LogP) is 3.67. The Balaban J connectivity index is 2.49. The highest BCUT2D eigenvalue weighted by Gasteiger charge is 2.13. The minimum absolute atomic E-state index is 0.0758. The third-order valence-corrected chi connectivity index (χ3v) is 4.09. The molecular formula is C16H12O4S. The molecule has 1 N–H and O–H groups in total. The normalized spacial score (nSPS) is 11.1. The van der Waals surface area contributed by atoms with Crippen LogP contribution < -0.4 is 5.43 Å². The summed E-state index contributed by atoms with van der Waals surface area (Å²) in [4.78, 5) is 24.6. The van der Waals surface area contributed by atoms with Gasteiger partial charge in [-0.25, -0.2) is 4.79 Å². The van der Waals surface area contributed by atoms with Crippen LogP contribution in [0.5, 0.6) is 0 Å². The molecule has 1 heterocycles. The second-order valence-electron chi connectivity index (χ2n) is 4.79. The van der Waals surface area contributed by atoms with Crippen LogP contribution >= 0.6 is 11.8 Å². The molecule has 0 bridgehead atoms. The number of fused-ring (bicyclic) bond motifs is 2. The Morgan fingerprint density at radius 3 is 2.62 bits per heavy atom. The van der Waals surface area contributed by atoms with Crippen LogP contribution in [0.3, 0.4) is 0 Å². The van der Waals surface area contributed by atoms with E-state index in [1.807, 2.05) is 19.2 Å². The van der Waals surface area contributed by atoms with Crippen molar-refractivity contribution in [3.05, 3.63) is 51.7 Å². The van der Waals surface area contributed by atoms with Crippen LogP contribution in [-0.4, -0.2) is 17.3 Å². The van der Waals surface area contributed by atoms with Gasteiger partial charge >= 0.3 is 5.97 Å². The molecule has 3 aromatic rings. The lowest BCUT2D eigenvalue weighted by molar-refractivity contribution is 0.0697. The maximum absolute atomic E-state index is 12.6. The van der Waals surface area contributed by atoms with Gasteiger partial charge in [0.05, 0.1) is 21.2 Å². The van der Waals surface area contributed by atoms with Gasteiger partial charge in [-0.15, -0.1) is 11.8 Å². The Labute approximate surface area is 124 Å². The molecule has 0 aliphatic rings. The van der Waals surface area contributed by atoms with Crippen molar-refractivity contribution in [1.82, 2.24) is 0 Å². The second-order valence-corrected chi connectivity index (χ2v) is 5.64. The molecule has 0 fully saturated rings. The molecule has 0 saturated carbocycles. The van der Waals surface area contributed by atoms with Crippen molar-refractivity contribution in [2.24, 2.45) is 0 Å². The highest BCUT2D eigenvalue weighted by molar-refractivity contribution is 7.98. The maximum atomic E-state index is 12.6. The summed E-state index contributed by atoms with van der Waals surface area (Å²) in [6, 6.07) is 8.07. The van der Waals surface area contributed by atoms with E-state index in [1.54, 1.807) is 6.07 Å². The monoisotopic (exact) mass is 300 g/mol. The van der Waals surface area contributed by atoms with E-state index in [-0.39, 0.29) is 11.0 Å². The number of rotatable bonds is 2. The van der Waals surface area contributed by atoms with Crippen molar-refractivity contribution in [2.45, 2.75) is 11.8 Å². The third-order valence-electron chi connectivity index (χ3n) is 3.35. The number of carbonyl (C=O) groups is 1. The van der Waals surface area contributed by atoms with E-state index in [9.17, 15) is 9.59 Å². The standard InChI is InChI=1S/C16H12O4S/c1-8-5-11-14(17)10-7-9(16(18)19)3-4-12(10)20-15(11)13(6-8)21-2/h3-7H,1-2H3,(H,18,19). The van der Waals surface area contributed by atoms with Crippen LogP contribution in [0.2, 0.25) is 0 Å². The first-order chi connectivity index (χ1) is 10.0. The molecule has 0 radical (unpaired) electrons. The van der Waals surface area contributed by atoms with E-state index in [0.29, 0.717) is 21.9 Å². The van der Waals surface area contributed by atoms with Crippen molar-refractivity contribution in [2.75, 3.05) is 6.26 Å². The molecule has 21 heavy (non-hydrogen) atoms. The minimum Gasteiger partial charge on any atom is -0.478 e. The van der Waals surface area contributed by atoms with Gasteiger partial charge in [-0.2, -0.15) is 0 Å². The fraction of sp³-hybridized carbons (Fsp3) is 0.125. The quantitative estimate of drug-likeness (QED) is 0.577. The lowest BCUT2D eigenvalue weighted by atomic mass is 10.1. The number of carboxylic acids is 1. The molecule has 106 valence electrons. The SMILES string of the molecule is CSc1cc(C)cc2c(=O)c3cc(C(=O)O)ccc3oc12. The summed E-state index contributed by atoms with van der Waals surface area (Å²) in [7, 11) is 0. The lowest BCUT2D eigenvalue weighted by Gasteiger charge is -2.07. The van der Waals surface area contributed by atoms with E-state index in [0.717, 1.165) is 10.5 Å². The van der Waals surface area contributed by atoms with Crippen molar-refractivity contribution in [3.63, 3.8) is 0 Å². The molecule has 1 aromatic heterocycles. The average molecular weight is 300 g/mol. The second kappa shape index (κ2) is 4.93. The Morgan fingerprint density at radius 1 is 1.19 bits per heavy atom. The van der Waals surface area contributed by atoms with Crippen molar-refractivity contribution < 1.29 is 14.3 Å². The number of hydrogen-bond acceptors (Lipinski definition) is 4. The summed E-state index contributed by atoms with van der Waals surface area (Å²) in [6.45, 7) is 1.91. The molecule has 3 rings (SSSR count). The summed E-state index contributed by atoms with van der Waals surface area (Å²) >= 11 is 1.51. The van der Waals surface area contributed by atoms with E-state index in [4.69, 9.17) is 9.52 Å². The fourth-order valence-corrected chi connectivity index (χ4v) is 2.99. The summed E-state index contributed by atoms with van der Waals surface area (Å²) in [5.74, 6) is -1.06. The number of benzene rings is 2. The molecule has 0 amide bonds. The van der Waals surface area contributed by atoms with Gasteiger partial charge in [0.25, 0.3) is 0 Å². The average Bonchev–Trinajstić information content (AvgIpc) is 2.47. The van der Waals surface area contributed by atoms with E-state index >= 15 is 0 Å². The largest absolute Gasteiger partial charge is 0.478 e. The number of aromatic carboxylic acids is 1. The third kappa shape index (κ3) is 2.19. The van der Waals surface area contributed by atoms with Crippen molar-refractivity contribution >= 4 is 39.7 Å². The lowest BCUT2D eigenvalue weighted by Crippen LogP contribution is -2.05. The van der Waals surface area contributed by atoms with Gasteiger partial charge in [0.1, 0.15) is 5.58 Å². The molecule has 5 heteroatoms. The van der Waals surface area contributed by atoms with Gasteiger partial charge in [0.2, 0.25) is 5.43 Å². The molecule has 4 nitrogen and oxygen atoms in total.